The maximum absolute atomic E-state index is 12.8. The average molecular weight is 436 g/mol. The zero-order chi connectivity index (χ0) is 21.4. The van der Waals surface area contributed by atoms with E-state index in [2.05, 4.69) is 24.0 Å². The van der Waals surface area contributed by atoms with Crippen LogP contribution in [0.1, 0.15) is 11.5 Å². The van der Waals surface area contributed by atoms with Crippen LogP contribution in [-0.2, 0) is 22.1 Å². The second-order valence-electron chi connectivity index (χ2n) is 5.74. The Morgan fingerprint density at radius 2 is 1.66 bits per heavy atom. The number of pyridine rings is 1. The molecule has 154 valence electrons. The maximum atomic E-state index is 12.8. The van der Waals surface area contributed by atoms with Gasteiger partial charge in [0, 0.05) is 18.0 Å². The Kier molecular flexibility index (Phi) is 5.11. The van der Waals surface area contributed by atoms with Crippen LogP contribution in [-0.4, -0.2) is 25.6 Å². The van der Waals surface area contributed by atoms with E-state index < -0.39 is 33.5 Å². The van der Waals surface area contributed by atoms with Crippen molar-refractivity contribution in [1.82, 2.24) is 15.1 Å². The molecule has 0 bridgehead atoms. The zero-order valence-electron chi connectivity index (χ0n) is 14.3. The maximum Gasteiger partial charge on any atom is 0.471 e. The molecular formula is C16H10F6N4O2S. The van der Waals surface area contributed by atoms with Crippen molar-refractivity contribution < 1.29 is 35.1 Å². The third-order valence-corrected chi connectivity index (χ3v) is 5.08. The van der Waals surface area contributed by atoms with Crippen molar-refractivity contribution >= 4 is 15.4 Å². The van der Waals surface area contributed by atoms with E-state index in [1.54, 1.807) is 0 Å². The van der Waals surface area contributed by atoms with Gasteiger partial charge in [0.05, 0.1) is 21.0 Å². The monoisotopic (exact) mass is 436 g/mol. The van der Waals surface area contributed by atoms with Gasteiger partial charge in [0.1, 0.15) is 5.03 Å². The molecular weight excluding hydrogens is 426 g/mol. The fraction of sp³-hybridized carbons (Fsp3) is 0.188. The summed E-state index contributed by atoms with van der Waals surface area (Å²) in [5.74, 6) is -1.82. The Hall–Kier alpha value is -2.96. The SMILES string of the molecule is CS(=O)(=Nc1ccc(-c2noc(C(F)(F)F)n2)cc1)c1cc(C(F)(F)F)ccn1. The minimum atomic E-state index is -4.79. The highest BCUT2D eigenvalue weighted by Crippen LogP contribution is 2.31. The van der Waals surface area contributed by atoms with Gasteiger partial charge in [-0.25, -0.2) is 9.19 Å². The summed E-state index contributed by atoms with van der Waals surface area (Å²) in [7, 11) is -3.32. The third-order valence-electron chi connectivity index (χ3n) is 3.52. The summed E-state index contributed by atoms with van der Waals surface area (Å²) in [5.41, 5.74) is -0.733. The smallest absolute Gasteiger partial charge is 0.329 e. The van der Waals surface area contributed by atoms with Crippen molar-refractivity contribution in [2.24, 2.45) is 4.36 Å². The number of alkyl halides is 6. The van der Waals surface area contributed by atoms with Gasteiger partial charge < -0.3 is 4.52 Å². The number of aromatic nitrogens is 3. The fourth-order valence-corrected chi connectivity index (χ4v) is 3.39. The molecule has 1 unspecified atom stereocenters. The van der Waals surface area contributed by atoms with E-state index in [0.29, 0.717) is 6.07 Å². The molecule has 0 aliphatic carbocycles. The minimum Gasteiger partial charge on any atom is -0.329 e. The lowest BCUT2D eigenvalue weighted by atomic mass is 10.2. The molecule has 0 spiro atoms. The van der Waals surface area contributed by atoms with Gasteiger partial charge in [-0.15, -0.1) is 0 Å². The third kappa shape index (κ3) is 4.72. The van der Waals surface area contributed by atoms with Gasteiger partial charge in [-0.2, -0.15) is 35.7 Å². The largest absolute Gasteiger partial charge is 0.471 e. The van der Waals surface area contributed by atoms with Crippen LogP contribution in [0.3, 0.4) is 0 Å². The van der Waals surface area contributed by atoms with Gasteiger partial charge in [0.25, 0.3) is 0 Å². The number of rotatable bonds is 3. The molecule has 3 rings (SSSR count). The van der Waals surface area contributed by atoms with Crippen molar-refractivity contribution in [3.8, 4) is 11.4 Å². The van der Waals surface area contributed by atoms with Crippen LogP contribution in [0, 0.1) is 0 Å². The summed E-state index contributed by atoms with van der Waals surface area (Å²) < 4.78 is 96.8. The zero-order valence-corrected chi connectivity index (χ0v) is 15.1. The Morgan fingerprint density at radius 1 is 1.00 bits per heavy atom. The first kappa shape index (κ1) is 20.8. The van der Waals surface area contributed by atoms with Gasteiger partial charge >= 0.3 is 18.2 Å². The van der Waals surface area contributed by atoms with Crippen molar-refractivity contribution in [2.45, 2.75) is 17.4 Å². The van der Waals surface area contributed by atoms with Gasteiger partial charge in [-0.1, -0.05) is 5.16 Å². The highest BCUT2D eigenvalue weighted by atomic mass is 32.2. The molecule has 29 heavy (non-hydrogen) atoms. The van der Waals surface area contributed by atoms with Gasteiger partial charge in [-0.3, -0.25) is 0 Å². The molecule has 0 radical (unpaired) electrons. The van der Waals surface area contributed by atoms with Gasteiger partial charge in [0.15, 0.2) is 0 Å². The molecule has 0 amide bonds. The van der Waals surface area contributed by atoms with Gasteiger partial charge in [-0.05, 0) is 36.4 Å². The lowest BCUT2D eigenvalue weighted by Crippen LogP contribution is -2.08. The summed E-state index contributed by atoms with van der Waals surface area (Å²) in [4.78, 5) is 6.93. The molecule has 1 aromatic carbocycles. The Balaban J connectivity index is 1.91. The minimum absolute atomic E-state index is 0.111. The van der Waals surface area contributed by atoms with Crippen LogP contribution in [0.15, 0.2) is 56.5 Å². The van der Waals surface area contributed by atoms with Gasteiger partial charge in [0.2, 0.25) is 5.82 Å². The number of nitrogens with zero attached hydrogens (tertiary/aromatic N) is 4. The van der Waals surface area contributed by atoms with E-state index in [4.69, 9.17) is 0 Å². The molecule has 6 nitrogen and oxygen atoms in total. The van der Waals surface area contributed by atoms with Crippen LogP contribution in [0.2, 0.25) is 0 Å². The summed E-state index contributed by atoms with van der Waals surface area (Å²) >= 11 is 0. The highest BCUT2D eigenvalue weighted by Gasteiger charge is 2.38. The average Bonchev–Trinajstić information content (AvgIpc) is 3.12. The number of halogens is 6. The Labute approximate surface area is 159 Å². The molecule has 0 N–H and O–H groups in total. The molecule has 0 fully saturated rings. The standard InChI is InChI=1S/C16H10F6N4O2S/c1-29(27,12-8-10(6-7-23-12)15(17,18)19)26-11-4-2-9(3-5-11)13-24-14(28-25-13)16(20,21)22/h2-8H,1H3. The molecule has 2 aromatic heterocycles. The number of benzene rings is 1. The first-order chi connectivity index (χ1) is 13.4. The van der Waals surface area contributed by atoms with E-state index in [0.717, 1.165) is 18.5 Å². The molecule has 2 heterocycles. The highest BCUT2D eigenvalue weighted by molar-refractivity contribution is 7.93. The van der Waals surface area contributed by atoms with Crippen LogP contribution >= 0.6 is 0 Å². The fourth-order valence-electron chi connectivity index (χ4n) is 2.17. The molecule has 0 saturated carbocycles. The molecule has 1 atom stereocenters. The summed E-state index contributed by atoms with van der Waals surface area (Å²) in [6.45, 7) is 0. The molecule has 0 aliphatic heterocycles. The predicted molar refractivity (Wildman–Crippen MR) is 88.4 cm³/mol. The van der Waals surface area contributed by atoms with E-state index >= 15 is 0 Å². The predicted octanol–water partition coefficient (Wildman–Crippen LogP) is 4.96. The second kappa shape index (κ2) is 7.13. The van der Waals surface area contributed by atoms with Crippen LogP contribution < -0.4 is 0 Å². The van der Waals surface area contributed by atoms with Crippen LogP contribution in [0.4, 0.5) is 32.0 Å². The number of hydrogen-bond acceptors (Lipinski definition) is 6. The summed E-state index contributed by atoms with van der Waals surface area (Å²) in [6.07, 6.45) is -7.41. The molecule has 0 aliphatic rings. The quantitative estimate of drug-likeness (QED) is 0.543. The van der Waals surface area contributed by atoms with Crippen LogP contribution in [0.5, 0.6) is 0 Å². The van der Waals surface area contributed by atoms with Crippen molar-refractivity contribution in [1.29, 1.82) is 0 Å². The molecule has 3 aromatic rings. The van der Waals surface area contributed by atoms with E-state index in [1.807, 2.05) is 0 Å². The lowest BCUT2D eigenvalue weighted by Gasteiger charge is -2.09. The summed E-state index contributed by atoms with van der Waals surface area (Å²) in [5, 5.41) is 2.87. The van der Waals surface area contributed by atoms with E-state index in [9.17, 15) is 30.6 Å². The number of hydrogen-bond donors (Lipinski definition) is 0. The van der Waals surface area contributed by atoms with Crippen molar-refractivity contribution in [2.75, 3.05) is 6.26 Å². The lowest BCUT2D eigenvalue weighted by molar-refractivity contribution is -0.159. The first-order valence-electron chi connectivity index (χ1n) is 7.63. The van der Waals surface area contributed by atoms with Crippen molar-refractivity contribution in [3.63, 3.8) is 0 Å². The topological polar surface area (TPSA) is 81.2 Å². The van der Waals surface area contributed by atoms with E-state index in [-0.39, 0.29) is 22.1 Å². The first-order valence-corrected chi connectivity index (χ1v) is 9.55. The molecule has 13 heteroatoms. The second-order valence-corrected chi connectivity index (χ2v) is 7.95. The Bertz CT molecular complexity index is 1150. The normalized spacial score (nSPS) is 14.4. The van der Waals surface area contributed by atoms with Crippen molar-refractivity contribution in [3.05, 3.63) is 54.0 Å². The molecule has 0 saturated heterocycles. The van der Waals surface area contributed by atoms with Crippen LogP contribution in [0.25, 0.3) is 11.4 Å². The van der Waals surface area contributed by atoms with E-state index in [1.165, 1.54) is 24.3 Å². The Morgan fingerprint density at radius 3 is 2.21 bits per heavy atom. The summed E-state index contributed by atoms with van der Waals surface area (Å²) in [6, 6.07) is 6.61.